The number of alkyl halides is 2. The molecule has 2 aromatic carbocycles. The van der Waals surface area contributed by atoms with Crippen LogP contribution < -0.4 is 0 Å². The molecular weight excluding hydrogens is 303 g/mol. The van der Waals surface area contributed by atoms with Gasteiger partial charge in [-0.05, 0) is 29.3 Å². The van der Waals surface area contributed by atoms with E-state index in [1.165, 1.54) is 0 Å². The third-order valence-corrected chi connectivity index (χ3v) is 6.20. The van der Waals surface area contributed by atoms with E-state index >= 15 is 0 Å². The van der Waals surface area contributed by atoms with Crippen molar-refractivity contribution in [3.8, 4) is 0 Å². The first-order valence-corrected chi connectivity index (χ1v) is 8.39. The third kappa shape index (κ3) is 2.60. The van der Waals surface area contributed by atoms with Crippen molar-refractivity contribution in [1.82, 2.24) is 0 Å². The van der Waals surface area contributed by atoms with Gasteiger partial charge in [0, 0.05) is 5.92 Å². The average Bonchev–Trinajstić information content (AvgIpc) is 2.95. The van der Waals surface area contributed by atoms with Crippen LogP contribution in [0.1, 0.15) is 6.42 Å². The number of fused-ring (bicyclic) bond motifs is 1. The van der Waals surface area contributed by atoms with Gasteiger partial charge < -0.3 is 0 Å². The Labute approximate surface area is 122 Å². The molecule has 0 aromatic heterocycles. The van der Waals surface area contributed by atoms with Crippen LogP contribution in [0.3, 0.4) is 0 Å². The molecule has 3 rings (SSSR count). The minimum absolute atomic E-state index is 0.0122. The van der Waals surface area contributed by atoms with Crippen LogP contribution in [-0.4, -0.2) is 18.5 Å². The van der Waals surface area contributed by atoms with Gasteiger partial charge in [0.1, 0.15) is 4.33 Å². The molecule has 100 valence electrons. The van der Waals surface area contributed by atoms with Crippen molar-refractivity contribution in [3.63, 3.8) is 0 Å². The summed E-state index contributed by atoms with van der Waals surface area (Å²) in [5, 5.41) is 1.94. The van der Waals surface area contributed by atoms with E-state index in [9.17, 15) is 8.42 Å². The molecule has 1 fully saturated rings. The van der Waals surface area contributed by atoms with Crippen LogP contribution in [0.15, 0.2) is 47.4 Å². The molecule has 0 bridgehead atoms. The largest absolute Gasteiger partial charge is 0.224 e. The van der Waals surface area contributed by atoms with Crippen molar-refractivity contribution in [2.24, 2.45) is 5.92 Å². The molecule has 19 heavy (non-hydrogen) atoms. The summed E-state index contributed by atoms with van der Waals surface area (Å²) in [7, 11) is -3.33. The minimum atomic E-state index is -3.33. The van der Waals surface area contributed by atoms with Gasteiger partial charge in [-0.2, -0.15) is 0 Å². The van der Waals surface area contributed by atoms with Crippen LogP contribution in [0.25, 0.3) is 10.8 Å². The predicted molar refractivity (Wildman–Crippen MR) is 78.5 cm³/mol. The van der Waals surface area contributed by atoms with Gasteiger partial charge in [-0.1, -0.05) is 30.3 Å². The molecular formula is C14H12Cl2O2S. The summed E-state index contributed by atoms with van der Waals surface area (Å²) in [6.07, 6.45) is 0.545. The molecule has 1 unspecified atom stereocenters. The Morgan fingerprint density at radius 2 is 1.74 bits per heavy atom. The lowest BCUT2D eigenvalue weighted by Crippen LogP contribution is -2.11. The molecule has 0 heterocycles. The maximum atomic E-state index is 12.3. The van der Waals surface area contributed by atoms with Crippen LogP contribution in [0.5, 0.6) is 0 Å². The molecule has 2 nitrogen and oxygen atoms in total. The zero-order valence-corrected chi connectivity index (χ0v) is 12.3. The molecule has 5 heteroatoms. The summed E-state index contributed by atoms with van der Waals surface area (Å²) in [5.41, 5.74) is 0. The zero-order chi connectivity index (χ0) is 13.7. The molecule has 1 saturated carbocycles. The van der Waals surface area contributed by atoms with Crippen LogP contribution in [0.2, 0.25) is 0 Å². The summed E-state index contributed by atoms with van der Waals surface area (Å²) in [6.45, 7) is 0. The van der Waals surface area contributed by atoms with E-state index in [1.54, 1.807) is 12.1 Å². The Morgan fingerprint density at radius 3 is 2.37 bits per heavy atom. The molecule has 1 atom stereocenters. The van der Waals surface area contributed by atoms with Crippen LogP contribution in [0, 0.1) is 5.92 Å². The SMILES string of the molecule is O=S(=O)(CC1CC1(Cl)Cl)c1ccc2ccccc2c1. The highest BCUT2D eigenvalue weighted by Crippen LogP contribution is 2.54. The highest BCUT2D eigenvalue weighted by molar-refractivity contribution is 7.91. The van der Waals surface area contributed by atoms with Crippen molar-refractivity contribution >= 4 is 43.8 Å². The van der Waals surface area contributed by atoms with Gasteiger partial charge in [-0.3, -0.25) is 0 Å². The van der Waals surface area contributed by atoms with E-state index in [-0.39, 0.29) is 11.7 Å². The number of hydrogen-bond donors (Lipinski definition) is 0. The fourth-order valence-electron chi connectivity index (χ4n) is 2.17. The second-order valence-corrected chi connectivity index (χ2v) is 8.53. The maximum Gasteiger partial charge on any atom is 0.178 e. The Morgan fingerprint density at radius 1 is 1.11 bits per heavy atom. The number of hydrogen-bond acceptors (Lipinski definition) is 2. The molecule has 1 aliphatic rings. The number of halogens is 2. The second kappa shape index (κ2) is 4.37. The van der Waals surface area contributed by atoms with Gasteiger partial charge in [-0.25, -0.2) is 8.42 Å². The lowest BCUT2D eigenvalue weighted by Gasteiger charge is -2.06. The van der Waals surface area contributed by atoms with E-state index in [2.05, 4.69) is 0 Å². The third-order valence-electron chi connectivity index (χ3n) is 3.46. The van der Waals surface area contributed by atoms with Crippen molar-refractivity contribution in [2.45, 2.75) is 15.6 Å². The summed E-state index contributed by atoms with van der Waals surface area (Å²) in [4.78, 5) is 0.335. The van der Waals surface area contributed by atoms with E-state index in [4.69, 9.17) is 23.2 Å². The lowest BCUT2D eigenvalue weighted by molar-refractivity contribution is 0.592. The Hall–Kier alpha value is -0.770. The Kier molecular flexibility index (Phi) is 3.04. The number of rotatable bonds is 3. The highest BCUT2D eigenvalue weighted by atomic mass is 35.5. The molecule has 0 aliphatic heterocycles. The number of sulfone groups is 1. The van der Waals surface area contributed by atoms with E-state index < -0.39 is 14.2 Å². The van der Waals surface area contributed by atoms with Gasteiger partial charge in [0.05, 0.1) is 10.6 Å². The van der Waals surface area contributed by atoms with Gasteiger partial charge in [-0.15, -0.1) is 23.2 Å². The topological polar surface area (TPSA) is 34.1 Å². The van der Waals surface area contributed by atoms with Crippen LogP contribution in [-0.2, 0) is 9.84 Å². The fraction of sp³-hybridized carbons (Fsp3) is 0.286. The summed E-state index contributed by atoms with van der Waals surface area (Å²) < 4.78 is 23.7. The van der Waals surface area contributed by atoms with Gasteiger partial charge in [0.2, 0.25) is 0 Å². The maximum absolute atomic E-state index is 12.3. The van der Waals surface area contributed by atoms with E-state index in [0.717, 1.165) is 10.8 Å². The first-order chi connectivity index (χ1) is 8.88. The monoisotopic (exact) mass is 314 g/mol. The first-order valence-electron chi connectivity index (χ1n) is 5.98. The summed E-state index contributed by atoms with van der Waals surface area (Å²) >= 11 is 11.8. The molecule has 0 radical (unpaired) electrons. The molecule has 0 saturated heterocycles. The van der Waals surface area contributed by atoms with Crippen molar-refractivity contribution in [1.29, 1.82) is 0 Å². The molecule has 0 N–H and O–H groups in total. The zero-order valence-electron chi connectivity index (χ0n) is 10.0. The first kappa shape index (κ1) is 13.2. The smallest absolute Gasteiger partial charge is 0.178 e. The fourth-order valence-corrected chi connectivity index (χ4v) is 4.59. The summed E-state index contributed by atoms with van der Waals surface area (Å²) in [5.74, 6) is -0.148. The second-order valence-electron chi connectivity index (χ2n) is 4.95. The molecule has 2 aromatic rings. The van der Waals surface area contributed by atoms with Crippen molar-refractivity contribution < 1.29 is 8.42 Å². The standard InChI is InChI=1S/C14H12Cl2O2S/c15-14(16)8-12(14)9-19(17,18)13-6-5-10-3-1-2-4-11(10)7-13/h1-7,12H,8-9H2. The van der Waals surface area contributed by atoms with Gasteiger partial charge >= 0.3 is 0 Å². The Balaban J connectivity index is 1.95. The van der Waals surface area contributed by atoms with Gasteiger partial charge in [0.15, 0.2) is 9.84 Å². The highest BCUT2D eigenvalue weighted by Gasteiger charge is 2.53. The van der Waals surface area contributed by atoms with E-state index in [1.807, 2.05) is 30.3 Å². The van der Waals surface area contributed by atoms with Crippen LogP contribution >= 0.6 is 23.2 Å². The van der Waals surface area contributed by atoms with E-state index in [0.29, 0.717) is 11.3 Å². The quantitative estimate of drug-likeness (QED) is 0.807. The summed E-state index contributed by atoms with van der Waals surface area (Å²) in [6, 6.07) is 12.8. The Bertz CT molecular complexity index is 738. The molecule has 0 spiro atoms. The van der Waals surface area contributed by atoms with Crippen LogP contribution in [0.4, 0.5) is 0 Å². The van der Waals surface area contributed by atoms with Crippen molar-refractivity contribution in [3.05, 3.63) is 42.5 Å². The number of benzene rings is 2. The minimum Gasteiger partial charge on any atom is -0.224 e. The molecule has 0 amide bonds. The normalized spacial score (nSPS) is 21.5. The average molecular weight is 315 g/mol. The van der Waals surface area contributed by atoms with Crippen molar-refractivity contribution in [2.75, 3.05) is 5.75 Å². The predicted octanol–water partition coefficient (Wildman–Crippen LogP) is 3.81. The van der Waals surface area contributed by atoms with Gasteiger partial charge in [0.25, 0.3) is 0 Å². The molecule has 1 aliphatic carbocycles. The lowest BCUT2D eigenvalue weighted by atomic mass is 10.1.